The van der Waals surface area contributed by atoms with Crippen molar-refractivity contribution in [2.24, 2.45) is 0 Å². The number of nitrogens with one attached hydrogen (secondary N) is 1. The summed E-state index contributed by atoms with van der Waals surface area (Å²) in [6.07, 6.45) is 1.11. The molecule has 0 aliphatic rings. The number of halogens is 4. The molecule has 0 saturated heterocycles. The Morgan fingerprint density at radius 1 is 0.964 bits per heavy atom. The Balaban J connectivity index is 0.00000392. The van der Waals surface area contributed by atoms with Gasteiger partial charge in [0.25, 0.3) is 0 Å². The van der Waals surface area contributed by atoms with Crippen LogP contribution in [0.25, 0.3) is 0 Å². The molecule has 0 aliphatic heterocycles. The van der Waals surface area contributed by atoms with Gasteiger partial charge in [0.2, 0.25) is 0 Å². The van der Waals surface area contributed by atoms with Crippen molar-refractivity contribution in [3.8, 4) is 17.2 Å². The molecule has 28 heavy (non-hydrogen) atoms. The van der Waals surface area contributed by atoms with Crippen LogP contribution in [0.2, 0.25) is 0 Å². The van der Waals surface area contributed by atoms with Crippen LogP contribution in [0.1, 0.15) is 18.0 Å². The number of rotatable bonds is 9. The summed E-state index contributed by atoms with van der Waals surface area (Å²) in [5.41, 5.74) is 1.36. The Morgan fingerprint density at radius 3 is 1.89 bits per heavy atom. The number of hydrogen-bond donors (Lipinski definition) is 1. The van der Waals surface area contributed by atoms with Gasteiger partial charge in [-0.1, -0.05) is 0 Å². The minimum absolute atomic E-state index is 0. The van der Waals surface area contributed by atoms with E-state index in [2.05, 4.69) is 67.0 Å². The van der Waals surface area contributed by atoms with Gasteiger partial charge < -0.3 is 17.0 Å². The van der Waals surface area contributed by atoms with Gasteiger partial charge in [-0.2, -0.15) is 0 Å². The Bertz CT molecular complexity index is 719. The monoisotopic (exact) mass is 693 g/mol. The first-order valence-corrected chi connectivity index (χ1v) is 16.7. The minimum atomic E-state index is -1.87. The van der Waals surface area contributed by atoms with E-state index < -0.39 is 17.6 Å². The van der Waals surface area contributed by atoms with Gasteiger partial charge in [0.05, 0.1) is 0 Å². The second-order valence-corrected chi connectivity index (χ2v) is 14.7. The quantitative estimate of drug-likeness (QED) is 0.320. The van der Waals surface area contributed by atoms with Crippen LogP contribution in [0, 0.1) is 7.14 Å². The molecule has 0 saturated carbocycles. The van der Waals surface area contributed by atoms with E-state index >= 15 is 0 Å². The third kappa shape index (κ3) is 6.23. The van der Waals surface area contributed by atoms with Crippen molar-refractivity contribution in [2.75, 3.05) is 40.8 Å². The molecule has 0 radical (unpaired) electrons. The summed E-state index contributed by atoms with van der Waals surface area (Å²) in [4.78, 5) is 1.44. The number of quaternary nitrogens is 1. The van der Waals surface area contributed by atoms with Crippen LogP contribution in [0.15, 0.2) is 36.4 Å². The van der Waals surface area contributed by atoms with Crippen LogP contribution in [0.3, 0.4) is 0 Å². The van der Waals surface area contributed by atoms with E-state index in [1.54, 1.807) is 21.3 Å². The normalized spacial score (nSPS) is 12.2. The summed E-state index contributed by atoms with van der Waals surface area (Å²) in [7, 11) is 9.42. The smallest absolute Gasteiger partial charge is 1.00 e. The molecule has 0 bridgehead atoms. The molecule has 2 aromatic carbocycles. The van der Waals surface area contributed by atoms with Crippen molar-refractivity contribution in [3.05, 3.63) is 49.1 Å². The van der Waals surface area contributed by atoms with E-state index in [1.807, 2.05) is 12.1 Å². The van der Waals surface area contributed by atoms with Crippen molar-refractivity contribution in [2.45, 2.75) is 12.5 Å². The maximum atomic E-state index is 5.64. The Kier molecular flexibility index (Phi) is 11.7. The van der Waals surface area contributed by atoms with Gasteiger partial charge in [-0.3, -0.25) is 0 Å². The van der Waals surface area contributed by atoms with E-state index in [0.717, 1.165) is 32.6 Å². The third-order valence-electron chi connectivity index (χ3n) is 4.38. The Hall–Kier alpha value is -0.0300. The molecule has 1 unspecified atom stereocenters. The van der Waals surface area contributed by atoms with Crippen molar-refractivity contribution in [3.63, 3.8) is 0 Å². The standard InChI is InChI=1S/C20H26Br2INO3.BrH/c1-24(2)17(10-11-21)14-6-8-15(9-7-14)23(22)20-18(26-4)12-16(25-3)13-19(20)27-5;/h6-9,12-13,17H,10-11H2,1-5H3;1H. The summed E-state index contributed by atoms with van der Waals surface area (Å²) >= 11 is 5.69. The average Bonchev–Trinajstić information content (AvgIpc) is 2.70. The van der Waals surface area contributed by atoms with Gasteiger partial charge in [-0.05, 0) is 0 Å². The maximum absolute atomic E-state index is 5.64. The van der Waals surface area contributed by atoms with Crippen molar-refractivity contribution in [1.82, 2.24) is 0 Å². The number of ether oxygens (including phenoxy) is 3. The summed E-state index contributed by atoms with van der Waals surface area (Å²) in [5, 5.41) is 1.00. The molecule has 1 atom stereocenters. The van der Waals surface area contributed by atoms with Gasteiger partial charge in [-0.25, -0.2) is 0 Å². The Morgan fingerprint density at radius 2 is 1.50 bits per heavy atom. The molecule has 0 fully saturated rings. The second-order valence-electron chi connectivity index (χ2n) is 6.24. The minimum Gasteiger partial charge on any atom is -1.00 e. The predicted molar refractivity (Wildman–Crippen MR) is 127 cm³/mol. The molecule has 0 aliphatic carbocycles. The fourth-order valence-electron chi connectivity index (χ4n) is 2.94. The van der Waals surface area contributed by atoms with Gasteiger partial charge in [0, 0.05) is 0 Å². The van der Waals surface area contributed by atoms with E-state index in [1.165, 1.54) is 14.0 Å². The van der Waals surface area contributed by atoms with Gasteiger partial charge in [-0.15, -0.1) is 0 Å². The molecule has 2 aromatic rings. The molecule has 1 N–H and O–H groups in total. The molecular weight excluding hydrogens is 669 g/mol. The molecular formula is C20H27Br3INO3. The largest absolute Gasteiger partial charge is 1.00 e. The van der Waals surface area contributed by atoms with Crippen LogP contribution in [0.4, 0.5) is 0 Å². The molecule has 0 heterocycles. The maximum Gasteiger partial charge on any atom is -1.00 e. The number of benzene rings is 2. The number of alkyl halides is 1. The molecule has 158 valence electrons. The molecule has 0 spiro atoms. The third-order valence-corrected chi connectivity index (χ3v) is 13.0. The van der Waals surface area contributed by atoms with Crippen LogP contribution in [-0.2, 0) is 0 Å². The summed E-state index contributed by atoms with van der Waals surface area (Å²) in [6.45, 7) is 0. The topological polar surface area (TPSA) is 32.1 Å². The molecule has 2 rings (SSSR count). The summed E-state index contributed by atoms with van der Waals surface area (Å²) in [5.74, 6) is 2.32. The zero-order valence-electron chi connectivity index (χ0n) is 16.7. The molecule has 8 heteroatoms. The molecule has 0 amide bonds. The van der Waals surface area contributed by atoms with E-state index in [0.29, 0.717) is 6.04 Å². The fourth-order valence-corrected chi connectivity index (χ4v) is 10.0. The average molecular weight is 696 g/mol. The molecule has 4 nitrogen and oxygen atoms in total. The predicted octanol–water partition coefficient (Wildman–Crippen LogP) is 1.54. The second kappa shape index (κ2) is 12.6. The first-order valence-electron chi connectivity index (χ1n) is 8.59. The van der Waals surface area contributed by atoms with Crippen molar-refractivity contribution >= 4 is 46.2 Å². The zero-order valence-corrected chi connectivity index (χ0v) is 23.6. The SMILES string of the molecule is COc1cc(OC)c(I(Br)c2ccc(C(CCBr)[NH+](C)C)cc2)c(OC)c1.[Br-]. The fraction of sp³-hybridized carbons (Fsp3) is 0.400. The van der Waals surface area contributed by atoms with Gasteiger partial charge in [0.1, 0.15) is 0 Å². The summed E-state index contributed by atoms with van der Waals surface area (Å²) in [6, 6.07) is 13.3. The van der Waals surface area contributed by atoms with E-state index in [4.69, 9.17) is 14.2 Å². The first kappa shape index (κ1) is 26.0. The van der Waals surface area contributed by atoms with Gasteiger partial charge in [0.15, 0.2) is 0 Å². The van der Waals surface area contributed by atoms with Crippen LogP contribution in [-0.4, -0.2) is 40.8 Å². The van der Waals surface area contributed by atoms with Crippen LogP contribution < -0.4 is 36.1 Å². The van der Waals surface area contributed by atoms with Gasteiger partial charge >= 0.3 is 185 Å². The summed E-state index contributed by atoms with van der Waals surface area (Å²) < 4.78 is 19.0. The molecule has 0 aromatic heterocycles. The number of methoxy groups -OCH3 is 3. The number of hydrogen-bond acceptors (Lipinski definition) is 3. The first-order chi connectivity index (χ1) is 13.0. The van der Waals surface area contributed by atoms with Crippen molar-refractivity contribution in [1.29, 1.82) is 0 Å². The zero-order chi connectivity index (χ0) is 20.0. The van der Waals surface area contributed by atoms with Crippen LogP contribution >= 0.6 is 46.2 Å². The Labute approximate surface area is 200 Å². The van der Waals surface area contributed by atoms with E-state index in [9.17, 15) is 0 Å². The van der Waals surface area contributed by atoms with Crippen molar-refractivity contribution < 1.29 is 36.1 Å². The van der Waals surface area contributed by atoms with E-state index in [-0.39, 0.29) is 17.0 Å². The van der Waals surface area contributed by atoms with Crippen LogP contribution in [0.5, 0.6) is 17.2 Å².